The van der Waals surface area contributed by atoms with Crippen LogP contribution in [0, 0.1) is 9.49 Å². The number of aromatic nitrogens is 2. The monoisotopic (exact) mass is 351 g/mol. The summed E-state index contributed by atoms with van der Waals surface area (Å²) in [5.41, 5.74) is 0. The maximum absolute atomic E-state index is 6.15. The molecule has 2 atom stereocenters. The van der Waals surface area contributed by atoms with Gasteiger partial charge in [-0.25, -0.2) is 9.97 Å². The molecule has 1 saturated carbocycles. The number of nitrogens with one attached hydrogen (secondary N) is 1. The van der Waals surface area contributed by atoms with E-state index in [1.807, 2.05) is 12.4 Å². The molecule has 0 radical (unpaired) electrons. The Morgan fingerprint density at radius 2 is 2.12 bits per heavy atom. The van der Waals surface area contributed by atoms with Crippen molar-refractivity contribution in [3.05, 3.63) is 16.0 Å². The molecule has 5 heteroatoms. The number of hydrogen-bond acceptors (Lipinski definition) is 3. The van der Waals surface area contributed by atoms with E-state index >= 15 is 0 Å². The number of nitrogens with zero attached hydrogens (tertiary/aromatic N) is 2. The first kappa shape index (κ1) is 12.4. The van der Waals surface area contributed by atoms with Crippen LogP contribution in [0.1, 0.15) is 25.7 Å². The van der Waals surface area contributed by atoms with Gasteiger partial charge in [-0.3, -0.25) is 0 Å². The maximum atomic E-state index is 6.15. The second-order valence-corrected chi connectivity index (χ2v) is 6.10. The summed E-state index contributed by atoms with van der Waals surface area (Å²) in [7, 11) is 0. The third-order valence-electron chi connectivity index (χ3n) is 2.89. The van der Waals surface area contributed by atoms with Gasteiger partial charge in [0.25, 0.3) is 0 Å². The molecule has 1 fully saturated rings. The van der Waals surface area contributed by atoms with Gasteiger partial charge in [0.05, 0.1) is 0 Å². The van der Waals surface area contributed by atoms with Gasteiger partial charge in [-0.2, -0.15) is 0 Å². The molecule has 1 aliphatic carbocycles. The summed E-state index contributed by atoms with van der Waals surface area (Å²) in [6.07, 6.45) is 8.42. The van der Waals surface area contributed by atoms with Crippen LogP contribution in [0.25, 0.3) is 0 Å². The Kier molecular flexibility index (Phi) is 4.64. The first-order valence-corrected chi connectivity index (χ1v) is 7.11. The van der Waals surface area contributed by atoms with Crippen molar-refractivity contribution in [2.45, 2.75) is 31.1 Å². The highest BCUT2D eigenvalue weighted by Crippen LogP contribution is 2.27. The van der Waals surface area contributed by atoms with E-state index in [4.69, 9.17) is 11.6 Å². The zero-order chi connectivity index (χ0) is 11.4. The molecule has 1 N–H and O–H groups in total. The fourth-order valence-corrected chi connectivity index (χ4v) is 2.73. The molecule has 2 unspecified atom stereocenters. The van der Waals surface area contributed by atoms with Crippen molar-refractivity contribution in [2.24, 2.45) is 5.92 Å². The van der Waals surface area contributed by atoms with Gasteiger partial charge in [0.2, 0.25) is 5.95 Å². The van der Waals surface area contributed by atoms with Crippen LogP contribution in [0.4, 0.5) is 5.95 Å². The molecule has 2 rings (SSSR count). The van der Waals surface area contributed by atoms with Gasteiger partial charge in [-0.15, -0.1) is 11.6 Å². The standard InChI is InChI=1S/C11H15ClIN3/c12-9-3-1-2-8(4-9)5-14-11-15-6-10(13)7-16-11/h6-9H,1-5H2,(H,14,15,16). The lowest BCUT2D eigenvalue weighted by Crippen LogP contribution is -2.23. The minimum Gasteiger partial charge on any atom is -0.354 e. The molecule has 1 aromatic rings. The molecule has 0 amide bonds. The summed E-state index contributed by atoms with van der Waals surface area (Å²) in [6.45, 7) is 0.934. The largest absolute Gasteiger partial charge is 0.354 e. The Labute approximate surface area is 115 Å². The van der Waals surface area contributed by atoms with Crippen LogP contribution in [-0.4, -0.2) is 21.9 Å². The molecule has 1 heterocycles. The van der Waals surface area contributed by atoms with Gasteiger partial charge in [0.1, 0.15) is 0 Å². The number of hydrogen-bond donors (Lipinski definition) is 1. The fourth-order valence-electron chi connectivity index (χ4n) is 2.05. The van der Waals surface area contributed by atoms with Crippen molar-refractivity contribution in [3.8, 4) is 0 Å². The van der Waals surface area contributed by atoms with Crippen LogP contribution in [0.15, 0.2) is 12.4 Å². The Hall–Kier alpha value is -0.100. The van der Waals surface area contributed by atoms with E-state index in [0.29, 0.717) is 11.3 Å². The molecule has 1 aliphatic rings. The van der Waals surface area contributed by atoms with Gasteiger partial charge in [-0.1, -0.05) is 6.42 Å². The molecular weight excluding hydrogens is 336 g/mol. The lowest BCUT2D eigenvalue weighted by atomic mass is 9.89. The summed E-state index contributed by atoms with van der Waals surface area (Å²) in [4.78, 5) is 8.44. The summed E-state index contributed by atoms with van der Waals surface area (Å²) in [5.74, 6) is 1.39. The van der Waals surface area contributed by atoms with E-state index in [0.717, 1.165) is 28.9 Å². The molecule has 0 bridgehead atoms. The SMILES string of the molecule is ClC1CCCC(CNc2ncc(I)cn2)C1. The van der Waals surface area contributed by atoms with Gasteiger partial charge in [0.15, 0.2) is 0 Å². The Balaban J connectivity index is 1.80. The van der Waals surface area contributed by atoms with Gasteiger partial charge in [-0.05, 0) is 47.8 Å². The van der Waals surface area contributed by atoms with E-state index < -0.39 is 0 Å². The van der Waals surface area contributed by atoms with Crippen molar-refractivity contribution in [1.82, 2.24) is 9.97 Å². The zero-order valence-electron chi connectivity index (χ0n) is 9.00. The average Bonchev–Trinajstić information content (AvgIpc) is 2.28. The fraction of sp³-hybridized carbons (Fsp3) is 0.636. The molecule has 0 spiro atoms. The predicted molar refractivity (Wildman–Crippen MR) is 74.8 cm³/mol. The lowest BCUT2D eigenvalue weighted by Gasteiger charge is -2.25. The van der Waals surface area contributed by atoms with Crippen LogP contribution in [0.2, 0.25) is 0 Å². The smallest absolute Gasteiger partial charge is 0.222 e. The number of anilines is 1. The Bertz CT molecular complexity index is 331. The van der Waals surface area contributed by atoms with Crippen LogP contribution < -0.4 is 5.32 Å². The van der Waals surface area contributed by atoms with Crippen molar-refractivity contribution >= 4 is 40.1 Å². The van der Waals surface area contributed by atoms with Crippen LogP contribution in [0.5, 0.6) is 0 Å². The van der Waals surface area contributed by atoms with Crippen molar-refractivity contribution < 1.29 is 0 Å². The highest BCUT2D eigenvalue weighted by Gasteiger charge is 2.19. The highest BCUT2D eigenvalue weighted by molar-refractivity contribution is 14.1. The molecule has 3 nitrogen and oxygen atoms in total. The average molecular weight is 352 g/mol. The topological polar surface area (TPSA) is 37.8 Å². The number of halogens is 2. The minimum atomic E-state index is 0.359. The summed E-state index contributed by atoms with van der Waals surface area (Å²) in [5, 5.41) is 3.64. The second-order valence-electron chi connectivity index (χ2n) is 4.24. The van der Waals surface area contributed by atoms with Crippen LogP contribution >= 0.6 is 34.2 Å². The molecule has 88 valence electrons. The molecule has 0 aromatic carbocycles. The van der Waals surface area contributed by atoms with E-state index in [2.05, 4.69) is 37.9 Å². The Morgan fingerprint density at radius 1 is 1.38 bits per heavy atom. The van der Waals surface area contributed by atoms with Gasteiger partial charge < -0.3 is 5.32 Å². The highest BCUT2D eigenvalue weighted by atomic mass is 127. The first-order valence-electron chi connectivity index (χ1n) is 5.59. The molecule has 0 aliphatic heterocycles. The number of rotatable bonds is 3. The molecular formula is C11H15ClIN3. The van der Waals surface area contributed by atoms with E-state index in [9.17, 15) is 0 Å². The van der Waals surface area contributed by atoms with Crippen molar-refractivity contribution in [3.63, 3.8) is 0 Å². The minimum absolute atomic E-state index is 0.359. The summed E-state index contributed by atoms with van der Waals surface area (Å²) in [6, 6.07) is 0. The van der Waals surface area contributed by atoms with E-state index in [-0.39, 0.29) is 0 Å². The maximum Gasteiger partial charge on any atom is 0.222 e. The quantitative estimate of drug-likeness (QED) is 0.671. The van der Waals surface area contributed by atoms with Crippen molar-refractivity contribution in [1.29, 1.82) is 0 Å². The summed E-state index contributed by atoms with van der Waals surface area (Å²) < 4.78 is 1.06. The lowest BCUT2D eigenvalue weighted by molar-refractivity contribution is 0.378. The third kappa shape index (κ3) is 3.73. The Morgan fingerprint density at radius 3 is 2.81 bits per heavy atom. The normalized spacial score (nSPS) is 25.4. The molecule has 1 aromatic heterocycles. The molecule has 16 heavy (non-hydrogen) atoms. The van der Waals surface area contributed by atoms with E-state index in [1.165, 1.54) is 12.8 Å². The van der Waals surface area contributed by atoms with Crippen LogP contribution in [-0.2, 0) is 0 Å². The second kappa shape index (κ2) is 6.00. The third-order valence-corrected chi connectivity index (χ3v) is 3.84. The van der Waals surface area contributed by atoms with Gasteiger partial charge in [0, 0.05) is 27.9 Å². The number of alkyl halides is 1. The van der Waals surface area contributed by atoms with E-state index in [1.54, 1.807) is 0 Å². The summed E-state index contributed by atoms with van der Waals surface area (Å²) >= 11 is 8.35. The van der Waals surface area contributed by atoms with Crippen LogP contribution in [0.3, 0.4) is 0 Å². The van der Waals surface area contributed by atoms with Gasteiger partial charge >= 0.3 is 0 Å². The zero-order valence-corrected chi connectivity index (χ0v) is 11.9. The van der Waals surface area contributed by atoms with Crippen molar-refractivity contribution in [2.75, 3.05) is 11.9 Å². The molecule has 0 saturated heterocycles. The first-order chi connectivity index (χ1) is 7.74. The predicted octanol–water partition coefficient (Wildman–Crippen LogP) is 3.29.